The molecule has 7 nitrogen and oxygen atoms in total. The lowest BCUT2D eigenvalue weighted by atomic mass is 10.2. The van der Waals surface area contributed by atoms with Gasteiger partial charge in [0.2, 0.25) is 0 Å². The molecule has 0 aliphatic heterocycles. The number of ether oxygens (including phenoxy) is 1. The van der Waals surface area contributed by atoms with E-state index < -0.39 is 11.9 Å². The molecule has 2 N–H and O–H groups in total. The zero-order chi connectivity index (χ0) is 22.9. The molecule has 2 amide bonds. The fraction of sp³-hybridized carbons (Fsp3) is 0.0435. The van der Waals surface area contributed by atoms with Crippen LogP contribution >= 0.6 is 38.5 Å². The average molecular weight is 606 g/mol. The largest absolute Gasteiger partial charge is 0.423 e. The van der Waals surface area contributed by atoms with Crippen molar-refractivity contribution in [1.29, 1.82) is 0 Å². The molecule has 32 heavy (non-hydrogen) atoms. The van der Waals surface area contributed by atoms with Crippen molar-refractivity contribution in [2.45, 2.75) is 0 Å². The van der Waals surface area contributed by atoms with Gasteiger partial charge in [-0.15, -0.1) is 0 Å². The van der Waals surface area contributed by atoms with Crippen LogP contribution < -0.4 is 15.5 Å². The number of nitrogens with zero attached hydrogens (tertiary/aromatic N) is 1. The van der Waals surface area contributed by atoms with E-state index in [1.807, 2.05) is 12.1 Å². The molecule has 3 rings (SSSR count). The minimum atomic E-state index is -0.468. The molecule has 0 aromatic heterocycles. The van der Waals surface area contributed by atoms with Crippen LogP contribution in [0.3, 0.4) is 0 Å². The summed E-state index contributed by atoms with van der Waals surface area (Å²) in [7, 11) is 0. The third kappa shape index (κ3) is 6.72. The number of halogens is 2. The molecule has 0 atom stereocenters. The Bertz CT molecular complexity index is 1170. The van der Waals surface area contributed by atoms with E-state index in [4.69, 9.17) is 4.74 Å². The van der Waals surface area contributed by atoms with Crippen LogP contribution in [0.25, 0.3) is 0 Å². The number of rotatable bonds is 7. The van der Waals surface area contributed by atoms with Gasteiger partial charge in [0, 0.05) is 8.04 Å². The van der Waals surface area contributed by atoms with Crippen molar-refractivity contribution in [3.8, 4) is 5.75 Å². The van der Waals surface area contributed by atoms with E-state index in [9.17, 15) is 14.4 Å². The van der Waals surface area contributed by atoms with Gasteiger partial charge in [0.25, 0.3) is 11.8 Å². The van der Waals surface area contributed by atoms with Crippen LogP contribution in [0.4, 0.5) is 0 Å². The van der Waals surface area contributed by atoms with Gasteiger partial charge in [-0.05, 0) is 92.6 Å². The van der Waals surface area contributed by atoms with Crippen LogP contribution in [0.2, 0.25) is 0 Å². The van der Waals surface area contributed by atoms with Gasteiger partial charge >= 0.3 is 5.97 Å². The zero-order valence-electron chi connectivity index (χ0n) is 16.5. The van der Waals surface area contributed by atoms with E-state index in [-0.39, 0.29) is 12.5 Å². The minimum absolute atomic E-state index is 0.218. The van der Waals surface area contributed by atoms with Crippen LogP contribution in [0.1, 0.15) is 26.3 Å². The summed E-state index contributed by atoms with van der Waals surface area (Å²) in [5, 5.41) is 6.39. The Kier molecular flexibility index (Phi) is 8.51. The summed E-state index contributed by atoms with van der Waals surface area (Å²) >= 11 is 5.37. The van der Waals surface area contributed by atoms with Gasteiger partial charge in [0.05, 0.1) is 23.9 Å². The molecular formula is C23H17BrIN3O4. The molecule has 0 fully saturated rings. The van der Waals surface area contributed by atoms with Crippen molar-refractivity contribution in [1.82, 2.24) is 10.7 Å². The van der Waals surface area contributed by atoms with Crippen molar-refractivity contribution in [3.05, 3.63) is 97.5 Å². The van der Waals surface area contributed by atoms with Gasteiger partial charge < -0.3 is 10.1 Å². The van der Waals surface area contributed by atoms with E-state index in [1.54, 1.807) is 60.7 Å². The van der Waals surface area contributed by atoms with Crippen LogP contribution in [0, 0.1) is 3.57 Å². The SMILES string of the molecule is O=C(CNC(=O)c1ccccc1Br)N/N=C\c1ccc(OC(=O)c2ccccc2I)cc1. The number of benzene rings is 3. The Morgan fingerprint density at radius 2 is 1.59 bits per heavy atom. The minimum Gasteiger partial charge on any atom is -0.423 e. The Morgan fingerprint density at radius 3 is 2.28 bits per heavy atom. The fourth-order valence-electron chi connectivity index (χ4n) is 2.53. The lowest BCUT2D eigenvalue weighted by Crippen LogP contribution is -2.35. The summed E-state index contributed by atoms with van der Waals surface area (Å²) in [4.78, 5) is 36.2. The average Bonchev–Trinajstić information content (AvgIpc) is 2.79. The van der Waals surface area contributed by atoms with Crippen molar-refractivity contribution >= 4 is 62.5 Å². The first-order chi connectivity index (χ1) is 15.4. The lowest BCUT2D eigenvalue weighted by Gasteiger charge is -2.06. The first-order valence-corrected chi connectivity index (χ1v) is 11.2. The third-order valence-corrected chi connectivity index (χ3v) is 5.75. The standard InChI is InChI=1S/C23H17BrIN3O4/c24-19-7-3-1-5-17(19)22(30)26-14-21(29)28-27-13-15-9-11-16(12-10-15)32-23(31)18-6-2-4-8-20(18)25/h1-13H,14H2,(H,26,30)(H,28,29)/b27-13-. The number of hydrazone groups is 1. The number of amides is 2. The molecule has 0 heterocycles. The molecule has 0 saturated heterocycles. The highest BCUT2D eigenvalue weighted by molar-refractivity contribution is 14.1. The van der Waals surface area contributed by atoms with Gasteiger partial charge in [0.1, 0.15) is 5.75 Å². The van der Waals surface area contributed by atoms with E-state index in [2.05, 4.69) is 54.4 Å². The molecular weight excluding hydrogens is 589 g/mol. The van der Waals surface area contributed by atoms with Crippen molar-refractivity contribution in [2.75, 3.05) is 6.54 Å². The molecule has 9 heteroatoms. The highest BCUT2D eigenvalue weighted by Crippen LogP contribution is 2.17. The number of nitrogens with one attached hydrogen (secondary N) is 2. The Hall–Kier alpha value is -3.05. The van der Waals surface area contributed by atoms with E-state index >= 15 is 0 Å². The molecule has 0 aliphatic rings. The number of hydrogen-bond acceptors (Lipinski definition) is 5. The monoisotopic (exact) mass is 605 g/mol. The smallest absolute Gasteiger partial charge is 0.344 e. The Labute approximate surface area is 206 Å². The first-order valence-electron chi connectivity index (χ1n) is 9.35. The molecule has 3 aromatic carbocycles. The first kappa shape index (κ1) is 23.6. The lowest BCUT2D eigenvalue weighted by molar-refractivity contribution is -0.120. The molecule has 0 spiro atoms. The third-order valence-electron chi connectivity index (χ3n) is 4.12. The van der Waals surface area contributed by atoms with E-state index in [0.29, 0.717) is 26.9 Å². The number of esters is 1. The fourth-order valence-corrected chi connectivity index (χ4v) is 3.60. The van der Waals surface area contributed by atoms with Crippen LogP contribution in [-0.4, -0.2) is 30.5 Å². The maximum absolute atomic E-state index is 12.3. The molecule has 3 aromatic rings. The van der Waals surface area contributed by atoms with Gasteiger partial charge in [0.15, 0.2) is 0 Å². The van der Waals surface area contributed by atoms with Gasteiger partial charge in [-0.2, -0.15) is 5.10 Å². The molecule has 0 bridgehead atoms. The van der Waals surface area contributed by atoms with E-state index in [1.165, 1.54) is 6.21 Å². The normalized spacial score (nSPS) is 10.6. The maximum Gasteiger partial charge on any atom is 0.344 e. The van der Waals surface area contributed by atoms with Gasteiger partial charge in [-0.25, -0.2) is 10.2 Å². The zero-order valence-corrected chi connectivity index (χ0v) is 20.3. The number of carbonyl (C=O) groups is 3. The molecule has 162 valence electrons. The second-order valence-electron chi connectivity index (χ2n) is 6.39. The molecule has 0 unspecified atom stereocenters. The Balaban J connectivity index is 1.47. The molecule has 0 saturated carbocycles. The maximum atomic E-state index is 12.3. The summed E-state index contributed by atoms with van der Waals surface area (Å²) in [6, 6.07) is 20.7. The predicted octanol–water partition coefficient (Wildman–Crippen LogP) is 4.15. The van der Waals surface area contributed by atoms with Crippen LogP contribution in [-0.2, 0) is 4.79 Å². The van der Waals surface area contributed by atoms with Crippen molar-refractivity contribution in [2.24, 2.45) is 5.10 Å². The quantitative estimate of drug-likeness (QED) is 0.139. The molecule has 0 radical (unpaired) electrons. The van der Waals surface area contributed by atoms with Gasteiger partial charge in [-0.3, -0.25) is 9.59 Å². The Morgan fingerprint density at radius 1 is 0.938 bits per heavy atom. The highest BCUT2D eigenvalue weighted by Gasteiger charge is 2.12. The van der Waals surface area contributed by atoms with Crippen molar-refractivity contribution < 1.29 is 19.1 Å². The number of carbonyl (C=O) groups excluding carboxylic acids is 3. The molecule has 0 aliphatic carbocycles. The van der Waals surface area contributed by atoms with Crippen molar-refractivity contribution in [3.63, 3.8) is 0 Å². The second kappa shape index (κ2) is 11.5. The summed E-state index contributed by atoms with van der Waals surface area (Å²) in [5.41, 5.74) is 3.97. The summed E-state index contributed by atoms with van der Waals surface area (Å²) in [6.07, 6.45) is 1.44. The highest BCUT2D eigenvalue weighted by atomic mass is 127. The summed E-state index contributed by atoms with van der Waals surface area (Å²) in [5.74, 6) is -0.879. The van der Waals surface area contributed by atoms with E-state index in [0.717, 1.165) is 3.57 Å². The van der Waals surface area contributed by atoms with Gasteiger partial charge in [-0.1, -0.05) is 24.3 Å². The predicted molar refractivity (Wildman–Crippen MR) is 133 cm³/mol. The van der Waals surface area contributed by atoms with Crippen LogP contribution in [0.5, 0.6) is 5.75 Å². The summed E-state index contributed by atoms with van der Waals surface area (Å²) < 4.78 is 6.83. The number of hydrogen-bond donors (Lipinski definition) is 2. The topological polar surface area (TPSA) is 96.9 Å². The summed E-state index contributed by atoms with van der Waals surface area (Å²) in [6.45, 7) is -0.218. The van der Waals surface area contributed by atoms with Crippen LogP contribution in [0.15, 0.2) is 82.4 Å². The second-order valence-corrected chi connectivity index (χ2v) is 8.41.